The van der Waals surface area contributed by atoms with Crippen LogP contribution in [0.3, 0.4) is 0 Å². The minimum Gasteiger partial charge on any atom is -0.375 e. The predicted molar refractivity (Wildman–Crippen MR) is 80.3 cm³/mol. The van der Waals surface area contributed by atoms with Gasteiger partial charge in [-0.25, -0.2) is 0 Å². The minimum atomic E-state index is -0.0297. The number of benzene rings is 1. The first-order valence-corrected chi connectivity index (χ1v) is 8.01. The molecule has 1 atom stereocenters. The average molecular weight is 293 g/mol. The highest BCUT2D eigenvalue weighted by Crippen LogP contribution is 2.41. The van der Waals surface area contributed by atoms with Crippen molar-refractivity contribution in [1.29, 1.82) is 0 Å². The summed E-state index contributed by atoms with van der Waals surface area (Å²) in [6, 6.07) is 7.39. The van der Waals surface area contributed by atoms with Crippen LogP contribution in [-0.4, -0.2) is 18.0 Å². The maximum atomic E-state index is 12.7. The zero-order chi connectivity index (χ0) is 14.0. The molecule has 0 radical (unpaired) electrons. The lowest BCUT2D eigenvalue weighted by atomic mass is 9.74. The fourth-order valence-electron chi connectivity index (χ4n) is 3.68. The third kappa shape index (κ3) is 2.77. The summed E-state index contributed by atoms with van der Waals surface area (Å²) in [6.07, 6.45) is 7.68. The lowest BCUT2D eigenvalue weighted by Crippen LogP contribution is -2.43. The third-order valence-corrected chi connectivity index (χ3v) is 5.10. The summed E-state index contributed by atoms with van der Waals surface area (Å²) in [7, 11) is 0. The van der Waals surface area contributed by atoms with Crippen molar-refractivity contribution in [3.8, 4) is 0 Å². The molecular formula is C17H21ClO2. The van der Waals surface area contributed by atoms with Crippen molar-refractivity contribution in [2.24, 2.45) is 5.92 Å². The molecular weight excluding hydrogens is 272 g/mol. The molecule has 3 rings (SSSR count). The van der Waals surface area contributed by atoms with Gasteiger partial charge in [0.15, 0.2) is 5.78 Å². The van der Waals surface area contributed by atoms with E-state index in [2.05, 4.69) is 0 Å². The van der Waals surface area contributed by atoms with Gasteiger partial charge in [0.2, 0.25) is 0 Å². The Kier molecular flexibility index (Phi) is 4.13. The number of carbonyl (C=O) groups is 1. The van der Waals surface area contributed by atoms with Crippen LogP contribution < -0.4 is 0 Å². The van der Waals surface area contributed by atoms with Crippen molar-refractivity contribution in [1.82, 2.24) is 0 Å². The number of hydrogen-bond acceptors (Lipinski definition) is 2. The molecule has 1 aromatic rings. The highest BCUT2D eigenvalue weighted by molar-refractivity contribution is 6.34. The molecule has 108 valence electrons. The Morgan fingerprint density at radius 2 is 1.95 bits per heavy atom. The van der Waals surface area contributed by atoms with Crippen molar-refractivity contribution in [2.75, 3.05) is 6.61 Å². The van der Waals surface area contributed by atoms with E-state index in [9.17, 15) is 4.79 Å². The predicted octanol–water partition coefficient (Wildman–Crippen LogP) is 4.65. The number of ketones is 1. The molecule has 1 aliphatic carbocycles. The summed E-state index contributed by atoms with van der Waals surface area (Å²) in [5.41, 5.74) is 0.643. The Morgan fingerprint density at radius 1 is 1.20 bits per heavy atom. The maximum absolute atomic E-state index is 12.7. The standard InChI is InChI=1S/C17H21ClO2/c18-15-7-3-2-6-14(15)16(19)13-8-11-20-17(12-13)9-4-1-5-10-17/h2-3,6-7,13H,1,4-5,8-12H2. The summed E-state index contributed by atoms with van der Waals surface area (Å²) in [5, 5.41) is 0.571. The minimum absolute atomic E-state index is 0.0297. The van der Waals surface area contributed by atoms with Gasteiger partial charge in [0, 0.05) is 18.1 Å². The van der Waals surface area contributed by atoms with Gasteiger partial charge < -0.3 is 4.74 Å². The lowest BCUT2D eigenvalue weighted by molar-refractivity contribution is -0.111. The van der Waals surface area contributed by atoms with E-state index in [-0.39, 0.29) is 17.3 Å². The molecule has 1 saturated carbocycles. The molecule has 1 aromatic carbocycles. The lowest BCUT2D eigenvalue weighted by Gasteiger charge is -2.43. The molecule has 3 heteroatoms. The van der Waals surface area contributed by atoms with E-state index in [1.807, 2.05) is 18.2 Å². The van der Waals surface area contributed by atoms with Gasteiger partial charge in [0.25, 0.3) is 0 Å². The molecule has 1 heterocycles. The zero-order valence-electron chi connectivity index (χ0n) is 11.7. The molecule has 1 spiro atoms. The quantitative estimate of drug-likeness (QED) is 0.742. The second kappa shape index (κ2) is 5.87. The molecule has 0 bridgehead atoms. The normalized spacial score (nSPS) is 25.6. The number of rotatable bonds is 2. The Morgan fingerprint density at radius 3 is 2.70 bits per heavy atom. The van der Waals surface area contributed by atoms with Crippen LogP contribution in [0.25, 0.3) is 0 Å². The van der Waals surface area contributed by atoms with Gasteiger partial charge in [-0.1, -0.05) is 43.0 Å². The Bertz CT molecular complexity index is 486. The van der Waals surface area contributed by atoms with Gasteiger partial charge in [-0.05, 0) is 37.8 Å². The van der Waals surface area contributed by atoms with Gasteiger partial charge in [-0.2, -0.15) is 0 Å². The topological polar surface area (TPSA) is 26.3 Å². The zero-order valence-corrected chi connectivity index (χ0v) is 12.5. The number of carbonyl (C=O) groups excluding carboxylic acids is 1. The SMILES string of the molecule is O=C(c1ccccc1Cl)C1CCOC2(CCCCC2)C1. The second-order valence-electron chi connectivity index (χ2n) is 6.13. The van der Waals surface area contributed by atoms with Crippen molar-refractivity contribution in [3.63, 3.8) is 0 Å². The fraction of sp³-hybridized carbons (Fsp3) is 0.588. The first kappa shape index (κ1) is 14.1. The molecule has 2 nitrogen and oxygen atoms in total. The molecule has 2 aliphatic rings. The van der Waals surface area contributed by atoms with Crippen LogP contribution in [0.4, 0.5) is 0 Å². The Balaban J connectivity index is 1.77. The van der Waals surface area contributed by atoms with E-state index < -0.39 is 0 Å². The van der Waals surface area contributed by atoms with E-state index in [1.165, 1.54) is 19.3 Å². The van der Waals surface area contributed by atoms with E-state index in [4.69, 9.17) is 16.3 Å². The number of hydrogen-bond donors (Lipinski definition) is 0. The number of ether oxygens (including phenoxy) is 1. The van der Waals surface area contributed by atoms with Crippen molar-refractivity contribution < 1.29 is 9.53 Å². The van der Waals surface area contributed by atoms with Gasteiger partial charge in [0.05, 0.1) is 10.6 Å². The Hall–Kier alpha value is -0.860. The third-order valence-electron chi connectivity index (χ3n) is 4.77. The van der Waals surface area contributed by atoms with Crippen molar-refractivity contribution >= 4 is 17.4 Å². The highest BCUT2D eigenvalue weighted by atomic mass is 35.5. The summed E-state index contributed by atoms with van der Waals surface area (Å²) in [5.74, 6) is 0.269. The summed E-state index contributed by atoms with van der Waals surface area (Å²) in [4.78, 5) is 12.7. The van der Waals surface area contributed by atoms with E-state index >= 15 is 0 Å². The molecule has 1 saturated heterocycles. The van der Waals surface area contributed by atoms with Crippen LogP contribution in [0.15, 0.2) is 24.3 Å². The van der Waals surface area contributed by atoms with Crippen LogP contribution in [0.2, 0.25) is 5.02 Å². The fourth-order valence-corrected chi connectivity index (χ4v) is 3.91. The largest absolute Gasteiger partial charge is 0.375 e. The van der Waals surface area contributed by atoms with Gasteiger partial charge in [-0.3, -0.25) is 4.79 Å². The van der Waals surface area contributed by atoms with Crippen LogP contribution >= 0.6 is 11.6 Å². The summed E-state index contributed by atoms with van der Waals surface area (Å²) in [6.45, 7) is 0.709. The van der Waals surface area contributed by atoms with E-state index in [0.29, 0.717) is 17.2 Å². The second-order valence-corrected chi connectivity index (χ2v) is 6.53. The molecule has 1 unspecified atom stereocenters. The van der Waals surface area contributed by atoms with E-state index in [1.54, 1.807) is 6.07 Å². The highest BCUT2D eigenvalue weighted by Gasteiger charge is 2.40. The van der Waals surface area contributed by atoms with Gasteiger partial charge >= 0.3 is 0 Å². The van der Waals surface area contributed by atoms with Crippen molar-refractivity contribution in [2.45, 2.75) is 50.5 Å². The van der Waals surface area contributed by atoms with Gasteiger partial charge in [0.1, 0.15) is 0 Å². The molecule has 0 aromatic heterocycles. The molecule has 20 heavy (non-hydrogen) atoms. The maximum Gasteiger partial charge on any atom is 0.167 e. The average Bonchev–Trinajstić information content (AvgIpc) is 2.48. The van der Waals surface area contributed by atoms with E-state index in [0.717, 1.165) is 25.7 Å². The Labute approximate surface area is 125 Å². The monoisotopic (exact) mass is 292 g/mol. The van der Waals surface area contributed by atoms with Crippen LogP contribution in [-0.2, 0) is 4.74 Å². The van der Waals surface area contributed by atoms with Crippen LogP contribution in [0.1, 0.15) is 55.3 Å². The van der Waals surface area contributed by atoms with Crippen LogP contribution in [0.5, 0.6) is 0 Å². The first-order valence-electron chi connectivity index (χ1n) is 7.63. The molecule has 0 amide bonds. The number of halogens is 1. The number of Topliss-reactive ketones (excluding diaryl/α,β-unsaturated/α-hetero) is 1. The molecule has 2 fully saturated rings. The summed E-state index contributed by atoms with van der Waals surface area (Å²) >= 11 is 6.16. The van der Waals surface area contributed by atoms with Gasteiger partial charge in [-0.15, -0.1) is 0 Å². The smallest absolute Gasteiger partial charge is 0.167 e. The molecule has 0 N–H and O–H groups in total. The van der Waals surface area contributed by atoms with Crippen LogP contribution in [0, 0.1) is 5.92 Å². The van der Waals surface area contributed by atoms with Crippen molar-refractivity contribution in [3.05, 3.63) is 34.9 Å². The summed E-state index contributed by atoms with van der Waals surface area (Å²) < 4.78 is 6.07. The molecule has 1 aliphatic heterocycles. The first-order chi connectivity index (χ1) is 9.70.